The van der Waals surface area contributed by atoms with Crippen molar-refractivity contribution in [1.82, 2.24) is 5.16 Å². The smallest absolute Gasteiger partial charge is 0.374 e. The Morgan fingerprint density at radius 1 is 1.44 bits per heavy atom. The molecule has 94 valence electrons. The van der Waals surface area contributed by atoms with Crippen LogP contribution in [0.5, 0.6) is 11.5 Å². The van der Waals surface area contributed by atoms with Gasteiger partial charge in [0.1, 0.15) is 17.2 Å². The molecular weight excluding hydrogens is 262 g/mol. The van der Waals surface area contributed by atoms with E-state index in [1.54, 1.807) is 0 Å². The van der Waals surface area contributed by atoms with E-state index in [0.29, 0.717) is 5.75 Å². The number of phenolic OH excluding ortho intramolecular Hbond substituents is 1. The molecule has 0 aliphatic rings. The van der Waals surface area contributed by atoms with Crippen LogP contribution in [-0.4, -0.2) is 28.4 Å². The number of benzene rings is 1. The Morgan fingerprint density at radius 2 is 2.17 bits per heavy atom. The average molecular weight is 270 g/mol. The maximum Gasteiger partial charge on any atom is 0.374 e. The molecule has 0 aliphatic carbocycles. The highest BCUT2D eigenvalue weighted by atomic mass is 35.5. The topological polar surface area (TPSA) is 92.8 Å². The van der Waals surface area contributed by atoms with Crippen LogP contribution in [0.1, 0.15) is 10.6 Å². The van der Waals surface area contributed by atoms with Crippen molar-refractivity contribution in [3.63, 3.8) is 0 Å². The van der Waals surface area contributed by atoms with E-state index in [-0.39, 0.29) is 27.8 Å². The normalized spacial score (nSPS) is 10.3. The molecule has 0 saturated heterocycles. The van der Waals surface area contributed by atoms with Gasteiger partial charge in [-0.05, 0) is 6.07 Å². The van der Waals surface area contributed by atoms with E-state index in [4.69, 9.17) is 21.4 Å². The van der Waals surface area contributed by atoms with Crippen molar-refractivity contribution >= 4 is 17.6 Å². The molecule has 0 aliphatic heterocycles. The van der Waals surface area contributed by atoms with Gasteiger partial charge in [0.2, 0.25) is 5.76 Å². The van der Waals surface area contributed by atoms with Gasteiger partial charge in [0, 0.05) is 17.7 Å². The van der Waals surface area contributed by atoms with Crippen molar-refractivity contribution in [2.75, 3.05) is 7.11 Å². The van der Waals surface area contributed by atoms with E-state index in [0.717, 1.165) is 0 Å². The van der Waals surface area contributed by atoms with Crippen molar-refractivity contribution < 1.29 is 24.3 Å². The van der Waals surface area contributed by atoms with E-state index in [2.05, 4.69) is 9.68 Å². The van der Waals surface area contributed by atoms with Crippen LogP contribution < -0.4 is 4.74 Å². The van der Waals surface area contributed by atoms with Crippen molar-refractivity contribution in [1.29, 1.82) is 0 Å². The summed E-state index contributed by atoms with van der Waals surface area (Å²) in [7, 11) is 1.42. The minimum atomic E-state index is -1.24. The van der Waals surface area contributed by atoms with Gasteiger partial charge in [-0.25, -0.2) is 4.79 Å². The van der Waals surface area contributed by atoms with Crippen molar-refractivity contribution in [3.8, 4) is 22.8 Å². The van der Waals surface area contributed by atoms with Crippen molar-refractivity contribution in [3.05, 3.63) is 29.0 Å². The molecule has 1 aromatic heterocycles. The van der Waals surface area contributed by atoms with Gasteiger partial charge >= 0.3 is 5.97 Å². The Balaban J connectivity index is 2.50. The quantitative estimate of drug-likeness (QED) is 0.889. The number of ether oxygens (including phenoxy) is 1. The summed E-state index contributed by atoms with van der Waals surface area (Å²) in [5, 5.41) is 22.3. The second-order valence-corrected chi connectivity index (χ2v) is 3.79. The summed E-state index contributed by atoms with van der Waals surface area (Å²) in [5.41, 5.74) is 0.437. The number of nitrogens with zero attached hydrogens (tertiary/aromatic N) is 1. The van der Waals surface area contributed by atoms with E-state index >= 15 is 0 Å². The third kappa shape index (κ3) is 2.10. The Hall–Kier alpha value is -2.21. The molecule has 0 atom stereocenters. The Labute approximate surface area is 106 Å². The number of carboxylic acids is 1. The van der Waals surface area contributed by atoms with Crippen molar-refractivity contribution in [2.45, 2.75) is 0 Å². The average Bonchev–Trinajstić information content (AvgIpc) is 2.81. The van der Waals surface area contributed by atoms with Crippen LogP contribution in [-0.2, 0) is 0 Å². The van der Waals surface area contributed by atoms with Gasteiger partial charge in [-0.2, -0.15) is 0 Å². The third-order valence-corrected chi connectivity index (χ3v) is 2.56. The number of aromatic nitrogens is 1. The summed E-state index contributed by atoms with van der Waals surface area (Å²) >= 11 is 5.91. The lowest BCUT2D eigenvalue weighted by atomic mass is 10.1. The second kappa shape index (κ2) is 4.58. The van der Waals surface area contributed by atoms with Crippen LogP contribution in [0.2, 0.25) is 5.02 Å². The van der Waals surface area contributed by atoms with Crippen LogP contribution >= 0.6 is 11.6 Å². The number of methoxy groups -OCH3 is 1. The summed E-state index contributed by atoms with van der Waals surface area (Å²) in [4.78, 5) is 10.7. The fourth-order valence-corrected chi connectivity index (χ4v) is 1.65. The van der Waals surface area contributed by atoms with Gasteiger partial charge in [-0.3, -0.25) is 0 Å². The monoisotopic (exact) mass is 269 g/mol. The van der Waals surface area contributed by atoms with Gasteiger partial charge < -0.3 is 19.5 Å². The summed E-state index contributed by atoms with van der Waals surface area (Å²) in [6.45, 7) is 0. The Bertz CT molecular complexity index is 607. The van der Waals surface area contributed by atoms with Crippen molar-refractivity contribution in [2.24, 2.45) is 0 Å². The lowest BCUT2D eigenvalue weighted by molar-refractivity contribution is 0.0652. The number of carbonyl (C=O) groups is 1. The number of phenols is 1. The summed E-state index contributed by atoms with van der Waals surface area (Å²) in [6, 6.07) is 3.92. The highest BCUT2D eigenvalue weighted by molar-refractivity contribution is 6.32. The Morgan fingerprint density at radius 3 is 2.72 bits per heavy atom. The van der Waals surface area contributed by atoms with E-state index in [9.17, 15) is 9.90 Å². The number of carboxylic acid groups (broad SMARTS) is 1. The number of hydrogen-bond acceptors (Lipinski definition) is 5. The number of halogens is 1. The molecule has 0 radical (unpaired) electrons. The molecule has 2 rings (SSSR count). The van der Waals surface area contributed by atoms with Crippen LogP contribution in [0.15, 0.2) is 22.7 Å². The summed E-state index contributed by atoms with van der Waals surface area (Å²) < 4.78 is 9.53. The highest BCUT2D eigenvalue weighted by Crippen LogP contribution is 2.37. The first-order valence-electron chi connectivity index (χ1n) is 4.80. The molecule has 0 unspecified atom stereocenters. The standard InChI is InChI=1S/C11H8ClNO5/c1-17-9-4-8(14)5(2-6(9)12)7-3-10(11(15)16)18-13-7/h2-4,14H,1H3,(H,15,16). The molecule has 2 N–H and O–H groups in total. The molecule has 6 nitrogen and oxygen atoms in total. The predicted molar refractivity (Wildman–Crippen MR) is 62.1 cm³/mol. The zero-order valence-corrected chi connectivity index (χ0v) is 9.93. The second-order valence-electron chi connectivity index (χ2n) is 3.39. The van der Waals surface area contributed by atoms with Crippen LogP contribution in [0.25, 0.3) is 11.3 Å². The highest BCUT2D eigenvalue weighted by Gasteiger charge is 2.16. The third-order valence-electron chi connectivity index (χ3n) is 2.27. The molecule has 1 aromatic carbocycles. The fourth-order valence-electron chi connectivity index (χ4n) is 1.41. The van der Waals surface area contributed by atoms with Gasteiger partial charge in [-0.1, -0.05) is 16.8 Å². The van der Waals surface area contributed by atoms with Gasteiger partial charge in [-0.15, -0.1) is 0 Å². The molecule has 0 amide bonds. The maximum absolute atomic E-state index is 10.7. The lowest BCUT2D eigenvalue weighted by Gasteiger charge is -2.06. The molecule has 0 bridgehead atoms. The van der Waals surface area contributed by atoms with Gasteiger partial charge in [0.05, 0.1) is 12.1 Å². The SMILES string of the molecule is COc1cc(O)c(-c2cc(C(=O)O)on2)cc1Cl. The zero-order valence-electron chi connectivity index (χ0n) is 9.18. The minimum Gasteiger partial charge on any atom is -0.507 e. The minimum absolute atomic E-state index is 0.138. The lowest BCUT2D eigenvalue weighted by Crippen LogP contribution is -1.91. The van der Waals surface area contributed by atoms with Gasteiger partial charge in [0.25, 0.3) is 0 Å². The number of rotatable bonds is 3. The molecule has 0 fully saturated rings. The number of aromatic carboxylic acids is 1. The molecular formula is C11H8ClNO5. The molecule has 1 heterocycles. The van der Waals surface area contributed by atoms with E-state index < -0.39 is 5.97 Å². The molecule has 0 saturated carbocycles. The van der Waals surface area contributed by atoms with Crippen LogP contribution in [0.4, 0.5) is 0 Å². The fraction of sp³-hybridized carbons (Fsp3) is 0.0909. The Kier molecular flexibility index (Phi) is 3.12. The molecule has 7 heteroatoms. The predicted octanol–water partition coefficient (Wildman–Crippen LogP) is 2.41. The van der Waals surface area contributed by atoms with Gasteiger partial charge in [0.15, 0.2) is 0 Å². The molecule has 0 spiro atoms. The first kappa shape index (κ1) is 12.3. The first-order chi connectivity index (χ1) is 8.52. The molecule has 2 aromatic rings. The first-order valence-corrected chi connectivity index (χ1v) is 5.17. The van der Waals surface area contributed by atoms with Crippen LogP contribution in [0, 0.1) is 0 Å². The zero-order chi connectivity index (χ0) is 13.3. The summed E-state index contributed by atoms with van der Waals surface area (Å²) in [6.07, 6.45) is 0. The molecule has 18 heavy (non-hydrogen) atoms. The summed E-state index contributed by atoms with van der Waals surface area (Å²) in [5.74, 6) is -1.40. The van der Waals surface area contributed by atoms with Crippen LogP contribution in [0.3, 0.4) is 0 Å². The number of hydrogen-bond donors (Lipinski definition) is 2. The van der Waals surface area contributed by atoms with E-state index in [1.807, 2.05) is 0 Å². The largest absolute Gasteiger partial charge is 0.507 e. The maximum atomic E-state index is 10.7. The van der Waals surface area contributed by atoms with E-state index in [1.165, 1.54) is 25.3 Å². The number of aromatic hydroxyl groups is 1.